The third kappa shape index (κ3) is 5.38. The lowest BCUT2D eigenvalue weighted by molar-refractivity contribution is 0.122. The Bertz CT molecular complexity index is 836. The van der Waals surface area contributed by atoms with Gasteiger partial charge in [0.2, 0.25) is 10.0 Å². The van der Waals surface area contributed by atoms with E-state index >= 15 is 0 Å². The maximum Gasteiger partial charge on any atom is 0.240 e. The smallest absolute Gasteiger partial charge is 0.240 e. The van der Waals surface area contributed by atoms with Crippen LogP contribution in [0.3, 0.4) is 0 Å². The summed E-state index contributed by atoms with van der Waals surface area (Å²) in [5.41, 5.74) is 1.11. The highest BCUT2D eigenvalue weighted by Gasteiger charge is 2.14. The molecule has 0 amide bonds. The number of nitrogens with one attached hydrogen (secondary N) is 2. The molecule has 0 unspecified atom stereocenters. The number of ether oxygens (including phenoxy) is 1. The number of benzene rings is 1. The SMILES string of the molecule is CCc1ccc(S(=O)(=O)NCCNc2cc(N3CCOCC3)ncn2)cc1. The van der Waals surface area contributed by atoms with Crippen LogP contribution in [0, 0.1) is 0 Å². The minimum atomic E-state index is -3.51. The van der Waals surface area contributed by atoms with Crippen LogP contribution in [-0.4, -0.2) is 57.8 Å². The first-order valence-corrected chi connectivity index (χ1v) is 10.5. The molecule has 1 aromatic carbocycles. The van der Waals surface area contributed by atoms with E-state index in [0.717, 1.165) is 30.9 Å². The van der Waals surface area contributed by atoms with Crippen molar-refractivity contribution in [3.05, 3.63) is 42.2 Å². The number of sulfonamides is 1. The lowest BCUT2D eigenvalue weighted by Crippen LogP contribution is -2.36. The number of hydrogen-bond donors (Lipinski definition) is 2. The molecule has 1 fully saturated rings. The van der Waals surface area contributed by atoms with Gasteiger partial charge in [-0.2, -0.15) is 0 Å². The zero-order valence-corrected chi connectivity index (χ0v) is 16.2. The number of nitrogens with zero attached hydrogens (tertiary/aromatic N) is 3. The lowest BCUT2D eigenvalue weighted by Gasteiger charge is -2.27. The summed E-state index contributed by atoms with van der Waals surface area (Å²) in [7, 11) is -3.51. The molecule has 2 N–H and O–H groups in total. The molecule has 2 aromatic rings. The van der Waals surface area contributed by atoms with Gasteiger partial charge in [0.25, 0.3) is 0 Å². The predicted molar refractivity (Wildman–Crippen MR) is 105 cm³/mol. The molecule has 3 rings (SSSR count). The Hall–Kier alpha value is -2.23. The number of rotatable bonds is 8. The van der Waals surface area contributed by atoms with Crippen molar-refractivity contribution in [2.45, 2.75) is 18.2 Å². The molecule has 1 aliphatic heterocycles. The molecule has 0 bridgehead atoms. The van der Waals surface area contributed by atoms with E-state index in [2.05, 4.69) is 24.9 Å². The number of aryl methyl sites for hydroxylation is 1. The van der Waals surface area contributed by atoms with Crippen LogP contribution >= 0.6 is 0 Å². The molecule has 2 heterocycles. The van der Waals surface area contributed by atoms with Gasteiger partial charge in [-0.25, -0.2) is 23.1 Å². The number of anilines is 2. The van der Waals surface area contributed by atoms with E-state index in [1.165, 1.54) is 6.33 Å². The molecule has 8 nitrogen and oxygen atoms in total. The van der Waals surface area contributed by atoms with E-state index in [1.807, 2.05) is 25.1 Å². The number of aromatic nitrogens is 2. The van der Waals surface area contributed by atoms with Gasteiger partial charge in [0, 0.05) is 32.2 Å². The van der Waals surface area contributed by atoms with Crippen LogP contribution in [0.15, 0.2) is 41.6 Å². The first-order chi connectivity index (χ1) is 13.1. The van der Waals surface area contributed by atoms with Crippen molar-refractivity contribution in [1.82, 2.24) is 14.7 Å². The third-order valence-corrected chi connectivity index (χ3v) is 5.83. The second kappa shape index (κ2) is 9.12. The molecule has 0 saturated carbocycles. The molecule has 1 saturated heterocycles. The fourth-order valence-corrected chi connectivity index (χ4v) is 3.80. The molecule has 1 aliphatic rings. The van der Waals surface area contributed by atoms with Crippen molar-refractivity contribution < 1.29 is 13.2 Å². The van der Waals surface area contributed by atoms with Gasteiger partial charge in [-0.3, -0.25) is 0 Å². The summed E-state index contributed by atoms with van der Waals surface area (Å²) in [5, 5.41) is 3.13. The van der Waals surface area contributed by atoms with Gasteiger partial charge in [0.1, 0.15) is 18.0 Å². The minimum absolute atomic E-state index is 0.259. The van der Waals surface area contributed by atoms with Gasteiger partial charge < -0.3 is 15.0 Å². The van der Waals surface area contributed by atoms with E-state index in [1.54, 1.807) is 12.1 Å². The van der Waals surface area contributed by atoms with Gasteiger partial charge >= 0.3 is 0 Å². The largest absolute Gasteiger partial charge is 0.378 e. The van der Waals surface area contributed by atoms with Crippen molar-refractivity contribution in [3.63, 3.8) is 0 Å². The van der Waals surface area contributed by atoms with Crippen LogP contribution in [0.5, 0.6) is 0 Å². The Morgan fingerprint density at radius 1 is 1.11 bits per heavy atom. The average molecular weight is 391 g/mol. The topological polar surface area (TPSA) is 96.5 Å². The second-order valence-electron chi connectivity index (χ2n) is 6.18. The Kier molecular flexibility index (Phi) is 6.59. The Labute approximate surface area is 160 Å². The summed E-state index contributed by atoms with van der Waals surface area (Å²) < 4.78 is 32.6. The predicted octanol–water partition coefficient (Wildman–Crippen LogP) is 1.27. The fraction of sp³-hybridized carbons (Fsp3) is 0.444. The van der Waals surface area contributed by atoms with Crippen LogP contribution in [0.25, 0.3) is 0 Å². The molecular weight excluding hydrogens is 366 g/mol. The van der Waals surface area contributed by atoms with E-state index in [-0.39, 0.29) is 11.4 Å². The lowest BCUT2D eigenvalue weighted by atomic mass is 10.2. The Morgan fingerprint density at radius 2 is 1.85 bits per heavy atom. The average Bonchev–Trinajstić information content (AvgIpc) is 2.72. The zero-order valence-electron chi connectivity index (χ0n) is 15.4. The summed E-state index contributed by atoms with van der Waals surface area (Å²) in [5.74, 6) is 1.50. The second-order valence-corrected chi connectivity index (χ2v) is 7.95. The van der Waals surface area contributed by atoms with Crippen LogP contribution in [0.2, 0.25) is 0 Å². The molecule has 0 aliphatic carbocycles. The summed E-state index contributed by atoms with van der Waals surface area (Å²) in [6.07, 6.45) is 2.38. The normalized spacial score (nSPS) is 14.9. The first-order valence-electron chi connectivity index (χ1n) is 9.06. The highest BCUT2D eigenvalue weighted by atomic mass is 32.2. The van der Waals surface area contributed by atoms with Crippen LogP contribution in [0.4, 0.5) is 11.6 Å². The highest BCUT2D eigenvalue weighted by Crippen LogP contribution is 2.15. The van der Waals surface area contributed by atoms with E-state index < -0.39 is 10.0 Å². The monoisotopic (exact) mass is 391 g/mol. The number of hydrogen-bond acceptors (Lipinski definition) is 7. The van der Waals surface area contributed by atoms with Gasteiger partial charge in [0.15, 0.2) is 0 Å². The van der Waals surface area contributed by atoms with Gasteiger partial charge in [-0.1, -0.05) is 19.1 Å². The van der Waals surface area contributed by atoms with Crippen LogP contribution in [0.1, 0.15) is 12.5 Å². The molecule has 1 aromatic heterocycles. The molecular formula is C18H25N5O3S. The van der Waals surface area contributed by atoms with Gasteiger partial charge in [0.05, 0.1) is 18.1 Å². The maximum absolute atomic E-state index is 12.3. The molecule has 146 valence electrons. The van der Waals surface area contributed by atoms with Crippen molar-refractivity contribution in [1.29, 1.82) is 0 Å². The maximum atomic E-state index is 12.3. The minimum Gasteiger partial charge on any atom is -0.378 e. The molecule has 9 heteroatoms. The molecule has 0 radical (unpaired) electrons. The Balaban J connectivity index is 1.50. The summed E-state index contributed by atoms with van der Waals surface area (Å²) in [6.45, 7) is 5.69. The first kappa shape index (κ1) is 19.5. The quantitative estimate of drug-likeness (QED) is 0.654. The van der Waals surface area contributed by atoms with Gasteiger partial charge in [-0.05, 0) is 24.1 Å². The van der Waals surface area contributed by atoms with E-state index in [0.29, 0.717) is 25.6 Å². The van der Waals surface area contributed by atoms with Gasteiger partial charge in [-0.15, -0.1) is 0 Å². The van der Waals surface area contributed by atoms with Crippen LogP contribution in [-0.2, 0) is 21.2 Å². The Morgan fingerprint density at radius 3 is 2.56 bits per heavy atom. The van der Waals surface area contributed by atoms with Crippen molar-refractivity contribution in [2.24, 2.45) is 0 Å². The summed E-state index contributed by atoms with van der Waals surface area (Å²) >= 11 is 0. The van der Waals surface area contributed by atoms with Crippen LogP contribution < -0.4 is 14.9 Å². The molecule has 0 spiro atoms. The standard InChI is InChI=1S/C18H25N5O3S/c1-2-15-3-5-16(6-4-15)27(24,25)22-8-7-19-17-13-18(21-14-20-17)23-9-11-26-12-10-23/h3-6,13-14,22H,2,7-12H2,1H3,(H,19,20,21). The molecule has 27 heavy (non-hydrogen) atoms. The highest BCUT2D eigenvalue weighted by molar-refractivity contribution is 7.89. The zero-order chi connectivity index (χ0) is 19.1. The van der Waals surface area contributed by atoms with E-state index in [9.17, 15) is 8.42 Å². The van der Waals surface area contributed by atoms with E-state index in [4.69, 9.17) is 4.74 Å². The number of morpholine rings is 1. The van der Waals surface area contributed by atoms with Crippen molar-refractivity contribution in [3.8, 4) is 0 Å². The molecule has 0 atom stereocenters. The van der Waals surface area contributed by atoms with Crippen molar-refractivity contribution >= 4 is 21.7 Å². The summed E-state index contributed by atoms with van der Waals surface area (Å²) in [4.78, 5) is 10.9. The summed E-state index contributed by atoms with van der Waals surface area (Å²) in [6, 6.07) is 8.80. The van der Waals surface area contributed by atoms with Crippen molar-refractivity contribution in [2.75, 3.05) is 49.6 Å². The third-order valence-electron chi connectivity index (χ3n) is 4.35. The fourth-order valence-electron chi connectivity index (χ4n) is 2.77.